The molecule has 1 saturated heterocycles. The fraction of sp³-hybridized carbons (Fsp3) is 0.258. The van der Waals surface area contributed by atoms with Gasteiger partial charge in [-0.3, -0.25) is 19.3 Å². The summed E-state index contributed by atoms with van der Waals surface area (Å²) in [5.74, 6) is -1.45. The minimum absolute atomic E-state index is 0.140. The number of anilines is 1. The summed E-state index contributed by atoms with van der Waals surface area (Å²) in [4.78, 5) is 64.5. The number of amides is 2. The van der Waals surface area contributed by atoms with Crippen LogP contribution in [0.3, 0.4) is 0 Å². The lowest BCUT2D eigenvalue weighted by Crippen LogP contribution is -2.32. The number of nitrogens with zero attached hydrogens (tertiary/aromatic N) is 1. The molecule has 2 aliphatic carbocycles. The van der Waals surface area contributed by atoms with Crippen molar-refractivity contribution in [3.05, 3.63) is 95.6 Å². The van der Waals surface area contributed by atoms with E-state index in [0.717, 1.165) is 19.3 Å². The van der Waals surface area contributed by atoms with Gasteiger partial charge in [-0.25, -0.2) is 9.59 Å². The number of benzene rings is 3. The van der Waals surface area contributed by atoms with Gasteiger partial charge in [0.2, 0.25) is 11.8 Å². The second-order valence-corrected chi connectivity index (χ2v) is 10.2. The van der Waals surface area contributed by atoms with Crippen LogP contribution in [0.25, 0.3) is 0 Å². The number of rotatable bonds is 7. The largest absolute Gasteiger partial charge is 0.454 e. The van der Waals surface area contributed by atoms with E-state index < -0.39 is 24.3 Å². The molecule has 3 aromatic carbocycles. The fourth-order valence-electron chi connectivity index (χ4n) is 6.16. The zero-order valence-electron chi connectivity index (χ0n) is 20.9. The first kappa shape index (κ1) is 24.7. The second-order valence-electron chi connectivity index (χ2n) is 10.2. The summed E-state index contributed by atoms with van der Waals surface area (Å²) in [6.45, 7) is -0.473. The Morgan fingerprint density at radius 3 is 1.87 bits per heavy atom. The highest BCUT2D eigenvalue weighted by Gasteiger charge is 2.61. The molecule has 1 heterocycles. The third kappa shape index (κ3) is 4.52. The first-order valence-electron chi connectivity index (χ1n) is 13.0. The summed E-state index contributed by atoms with van der Waals surface area (Å²) in [6.07, 6.45) is 2.98. The Balaban J connectivity index is 1.03. The van der Waals surface area contributed by atoms with Gasteiger partial charge in [0.15, 0.2) is 12.4 Å². The normalized spacial score (nSPS) is 23.0. The molecule has 39 heavy (non-hydrogen) atoms. The Kier molecular flexibility index (Phi) is 6.30. The molecule has 2 amide bonds. The zero-order valence-corrected chi connectivity index (χ0v) is 20.9. The second kappa shape index (κ2) is 9.94. The minimum atomic E-state index is -0.697. The number of ketones is 1. The van der Waals surface area contributed by atoms with Gasteiger partial charge in [0.25, 0.3) is 0 Å². The number of carbonyl (C=O) groups excluding carboxylic acids is 5. The molecule has 0 N–H and O–H groups in total. The molecule has 0 aromatic heterocycles. The first-order valence-corrected chi connectivity index (χ1v) is 13.0. The highest BCUT2D eigenvalue weighted by atomic mass is 16.5. The van der Waals surface area contributed by atoms with Gasteiger partial charge < -0.3 is 9.47 Å². The van der Waals surface area contributed by atoms with Crippen molar-refractivity contribution in [1.29, 1.82) is 0 Å². The molecule has 0 spiro atoms. The predicted molar refractivity (Wildman–Crippen MR) is 139 cm³/mol. The molecule has 1 aliphatic heterocycles. The van der Waals surface area contributed by atoms with E-state index in [2.05, 4.69) is 0 Å². The summed E-state index contributed by atoms with van der Waals surface area (Å²) in [5.41, 5.74) is 1.35. The number of esters is 2. The van der Waals surface area contributed by atoms with E-state index in [4.69, 9.17) is 9.47 Å². The fourth-order valence-corrected chi connectivity index (χ4v) is 6.16. The number of Topliss-reactive ketones (excluding diaryl/α,β-unsaturated/α-hetero) is 1. The number of imide groups is 1. The van der Waals surface area contributed by atoms with Crippen LogP contribution in [0.2, 0.25) is 0 Å². The number of fused-ring (bicyclic) bond motifs is 5. The third-order valence-corrected chi connectivity index (χ3v) is 8.02. The quantitative estimate of drug-likeness (QED) is 0.195. The Hall–Kier alpha value is -4.59. The van der Waals surface area contributed by atoms with Crippen molar-refractivity contribution in [3.8, 4) is 5.75 Å². The Morgan fingerprint density at radius 1 is 0.692 bits per heavy atom. The summed E-state index contributed by atoms with van der Waals surface area (Å²) < 4.78 is 10.5. The molecule has 3 aromatic rings. The van der Waals surface area contributed by atoms with Crippen LogP contribution in [0.5, 0.6) is 5.75 Å². The van der Waals surface area contributed by atoms with Crippen LogP contribution >= 0.6 is 0 Å². The Bertz CT molecular complexity index is 1440. The zero-order chi connectivity index (χ0) is 27.1. The van der Waals surface area contributed by atoms with Gasteiger partial charge in [-0.15, -0.1) is 0 Å². The lowest BCUT2D eigenvalue weighted by molar-refractivity contribution is -0.123. The van der Waals surface area contributed by atoms with Crippen molar-refractivity contribution in [1.82, 2.24) is 0 Å². The lowest BCUT2D eigenvalue weighted by atomic mass is 9.81. The van der Waals surface area contributed by atoms with E-state index in [0.29, 0.717) is 28.7 Å². The van der Waals surface area contributed by atoms with Gasteiger partial charge in [0.05, 0.1) is 28.7 Å². The maximum absolute atomic E-state index is 13.0. The number of hydrogen-bond acceptors (Lipinski definition) is 7. The predicted octanol–water partition coefficient (Wildman–Crippen LogP) is 4.48. The number of ether oxygens (including phenoxy) is 2. The van der Waals surface area contributed by atoms with Crippen molar-refractivity contribution in [2.75, 3.05) is 11.5 Å². The standard InChI is InChI=1S/C31H25NO7/c33-25(18-10-14-24(15-11-18)39-31(37)19-4-2-1-3-5-19)17-38-30(36)20-8-12-23(13-9-20)32-28(34)26-21-6-7-22(16-21)27(26)29(32)35/h1-5,8-15,21-22,26-27H,6-7,16-17H2. The summed E-state index contributed by atoms with van der Waals surface area (Å²) in [5, 5.41) is 0. The van der Waals surface area contributed by atoms with Crippen molar-refractivity contribution < 1.29 is 33.4 Å². The molecule has 6 rings (SSSR count). The molecule has 3 aliphatic rings. The minimum Gasteiger partial charge on any atom is -0.454 e. The van der Waals surface area contributed by atoms with E-state index in [1.807, 2.05) is 0 Å². The Labute approximate surface area is 224 Å². The molecule has 8 heteroatoms. The van der Waals surface area contributed by atoms with Crippen molar-refractivity contribution in [2.24, 2.45) is 23.7 Å². The number of hydrogen-bond donors (Lipinski definition) is 0. The average Bonchev–Trinajstić information content (AvgIpc) is 3.66. The van der Waals surface area contributed by atoms with Gasteiger partial charge >= 0.3 is 11.9 Å². The number of carbonyl (C=O) groups is 5. The maximum atomic E-state index is 13.0. The van der Waals surface area contributed by atoms with Crippen LogP contribution in [-0.4, -0.2) is 36.1 Å². The Morgan fingerprint density at radius 2 is 1.26 bits per heavy atom. The van der Waals surface area contributed by atoms with Crippen LogP contribution < -0.4 is 9.64 Å². The molecule has 2 saturated carbocycles. The van der Waals surface area contributed by atoms with E-state index in [1.54, 1.807) is 42.5 Å². The van der Waals surface area contributed by atoms with Crippen molar-refractivity contribution >= 4 is 35.2 Å². The molecule has 3 fully saturated rings. The van der Waals surface area contributed by atoms with Gasteiger partial charge in [-0.1, -0.05) is 18.2 Å². The lowest BCUT2D eigenvalue weighted by Gasteiger charge is -2.19. The summed E-state index contributed by atoms with van der Waals surface area (Å²) >= 11 is 0. The van der Waals surface area contributed by atoms with Crippen molar-refractivity contribution in [2.45, 2.75) is 19.3 Å². The third-order valence-electron chi connectivity index (χ3n) is 8.02. The van der Waals surface area contributed by atoms with Gasteiger partial charge in [-0.2, -0.15) is 0 Å². The van der Waals surface area contributed by atoms with Crippen LogP contribution in [0.1, 0.15) is 50.3 Å². The average molecular weight is 524 g/mol. The highest BCUT2D eigenvalue weighted by Crippen LogP contribution is 2.56. The molecular weight excluding hydrogens is 498 g/mol. The smallest absolute Gasteiger partial charge is 0.343 e. The summed E-state index contributed by atoms with van der Waals surface area (Å²) in [7, 11) is 0. The van der Waals surface area contributed by atoms with Gasteiger partial charge in [0.1, 0.15) is 5.75 Å². The van der Waals surface area contributed by atoms with Gasteiger partial charge in [-0.05, 0) is 91.8 Å². The van der Waals surface area contributed by atoms with Crippen LogP contribution in [0, 0.1) is 23.7 Å². The monoisotopic (exact) mass is 523 g/mol. The van der Waals surface area contributed by atoms with Crippen molar-refractivity contribution in [3.63, 3.8) is 0 Å². The topological polar surface area (TPSA) is 107 Å². The van der Waals surface area contributed by atoms with E-state index in [1.165, 1.54) is 41.3 Å². The molecule has 196 valence electrons. The molecule has 4 unspecified atom stereocenters. The molecule has 0 radical (unpaired) electrons. The highest BCUT2D eigenvalue weighted by molar-refractivity contribution is 6.22. The summed E-state index contributed by atoms with van der Waals surface area (Å²) in [6, 6.07) is 20.6. The van der Waals surface area contributed by atoms with Gasteiger partial charge in [0, 0.05) is 5.56 Å². The molecule has 4 atom stereocenters. The van der Waals surface area contributed by atoms with Crippen LogP contribution in [-0.2, 0) is 14.3 Å². The molecular formula is C31H25NO7. The van der Waals surface area contributed by atoms with Crippen LogP contribution in [0.15, 0.2) is 78.9 Å². The van der Waals surface area contributed by atoms with E-state index in [-0.39, 0.29) is 35.0 Å². The van der Waals surface area contributed by atoms with E-state index >= 15 is 0 Å². The maximum Gasteiger partial charge on any atom is 0.343 e. The first-order chi connectivity index (χ1) is 18.9. The molecule has 2 bridgehead atoms. The van der Waals surface area contributed by atoms with E-state index in [9.17, 15) is 24.0 Å². The molecule has 8 nitrogen and oxygen atoms in total. The van der Waals surface area contributed by atoms with Crippen LogP contribution in [0.4, 0.5) is 5.69 Å². The SMILES string of the molecule is O=C(COC(=O)c1ccc(N2C(=O)C3C4CCC(C4)C3C2=O)cc1)c1ccc(OC(=O)c2ccccc2)cc1.